The van der Waals surface area contributed by atoms with Gasteiger partial charge in [0.25, 0.3) is 0 Å². The maximum absolute atomic E-state index is 14.4. The zero-order valence-corrected chi connectivity index (χ0v) is 17.5. The number of halogens is 4. The molecule has 8 heteroatoms. The summed E-state index contributed by atoms with van der Waals surface area (Å²) in [4.78, 5) is 8.81. The number of hydrogen-bond donors (Lipinski definition) is 1. The van der Waals surface area contributed by atoms with E-state index < -0.39 is 18.5 Å². The SMILES string of the molecule is CCC[C@@H](C(F)F)[C@H](F)C[C@@H](C)Nc1nc(C)nc2cc(Br)c(OC)cc12. The second-order valence-corrected chi connectivity index (χ2v) is 7.56. The van der Waals surface area contributed by atoms with Crippen LogP contribution < -0.4 is 10.1 Å². The van der Waals surface area contributed by atoms with E-state index in [9.17, 15) is 13.2 Å². The highest BCUT2D eigenvalue weighted by Gasteiger charge is 2.30. The summed E-state index contributed by atoms with van der Waals surface area (Å²) in [6.07, 6.45) is -3.55. The van der Waals surface area contributed by atoms with Crippen molar-refractivity contribution >= 4 is 32.7 Å². The maximum atomic E-state index is 14.4. The summed E-state index contributed by atoms with van der Waals surface area (Å²) in [6, 6.07) is 3.25. The molecule has 4 nitrogen and oxygen atoms in total. The van der Waals surface area contributed by atoms with Gasteiger partial charge >= 0.3 is 0 Å². The van der Waals surface area contributed by atoms with Gasteiger partial charge in [0.05, 0.1) is 23.0 Å². The molecule has 2 aromatic rings. The van der Waals surface area contributed by atoms with Crippen LogP contribution >= 0.6 is 15.9 Å². The lowest BCUT2D eigenvalue weighted by atomic mass is 9.94. The van der Waals surface area contributed by atoms with Crippen LogP contribution in [0.1, 0.15) is 38.9 Å². The van der Waals surface area contributed by atoms with Gasteiger partial charge < -0.3 is 10.1 Å². The van der Waals surface area contributed by atoms with E-state index in [1.807, 2.05) is 6.07 Å². The van der Waals surface area contributed by atoms with Gasteiger partial charge in [0, 0.05) is 11.4 Å². The van der Waals surface area contributed by atoms with Gasteiger partial charge in [-0.05, 0) is 54.8 Å². The maximum Gasteiger partial charge on any atom is 0.244 e. The monoisotopic (exact) mass is 447 g/mol. The average molecular weight is 448 g/mol. The molecule has 1 N–H and O–H groups in total. The summed E-state index contributed by atoms with van der Waals surface area (Å²) in [5, 5.41) is 3.88. The largest absolute Gasteiger partial charge is 0.496 e. The van der Waals surface area contributed by atoms with E-state index in [1.165, 1.54) is 0 Å². The standard InChI is InChI=1S/C19H25BrF3N3O/c1-5-6-12(18(22)23)15(21)7-10(2)24-19-13-8-17(27-4)14(20)9-16(13)25-11(3)26-19/h8-10,12,15,18H,5-7H2,1-4H3,(H,24,25,26)/t10-,12-,15-/m1/s1. The van der Waals surface area contributed by atoms with Crippen molar-refractivity contribution in [3.8, 4) is 5.75 Å². The van der Waals surface area contributed by atoms with E-state index >= 15 is 0 Å². The van der Waals surface area contributed by atoms with E-state index in [0.29, 0.717) is 29.3 Å². The Kier molecular flexibility index (Phi) is 7.70. The Labute approximate surface area is 166 Å². The molecule has 0 bridgehead atoms. The van der Waals surface area contributed by atoms with Crippen molar-refractivity contribution in [2.45, 2.75) is 58.7 Å². The van der Waals surface area contributed by atoms with Gasteiger partial charge in [-0.15, -0.1) is 0 Å². The molecule has 0 unspecified atom stereocenters. The Bertz CT molecular complexity index is 775. The minimum absolute atomic E-state index is 0.0206. The van der Waals surface area contributed by atoms with Crippen LogP contribution in [0.15, 0.2) is 16.6 Å². The van der Waals surface area contributed by atoms with Crippen LogP contribution in [-0.2, 0) is 0 Å². The Morgan fingerprint density at radius 3 is 2.52 bits per heavy atom. The van der Waals surface area contributed by atoms with E-state index in [0.717, 1.165) is 9.86 Å². The molecule has 0 saturated carbocycles. The van der Waals surface area contributed by atoms with E-state index in [4.69, 9.17) is 4.74 Å². The molecule has 1 heterocycles. The lowest BCUT2D eigenvalue weighted by Crippen LogP contribution is -2.29. The number of aryl methyl sites for hydroxylation is 1. The fourth-order valence-electron chi connectivity index (χ4n) is 3.12. The van der Waals surface area contributed by atoms with Gasteiger partial charge in [-0.1, -0.05) is 13.3 Å². The Morgan fingerprint density at radius 1 is 1.22 bits per heavy atom. The van der Waals surface area contributed by atoms with Crippen molar-refractivity contribution in [2.24, 2.45) is 5.92 Å². The topological polar surface area (TPSA) is 47.0 Å². The van der Waals surface area contributed by atoms with E-state index in [-0.39, 0.29) is 18.9 Å². The van der Waals surface area contributed by atoms with Crippen LogP contribution in [0.2, 0.25) is 0 Å². The van der Waals surface area contributed by atoms with Crippen molar-refractivity contribution in [3.05, 3.63) is 22.4 Å². The molecule has 1 aromatic heterocycles. The first kappa shape index (κ1) is 21.7. The minimum atomic E-state index is -2.66. The molecule has 0 aliphatic heterocycles. The summed E-state index contributed by atoms with van der Waals surface area (Å²) >= 11 is 3.43. The number of aromatic nitrogens is 2. The number of benzene rings is 1. The van der Waals surface area contributed by atoms with Crippen molar-refractivity contribution in [2.75, 3.05) is 12.4 Å². The predicted molar refractivity (Wildman–Crippen MR) is 106 cm³/mol. The van der Waals surface area contributed by atoms with Crippen molar-refractivity contribution < 1.29 is 17.9 Å². The Hall–Kier alpha value is -1.57. The fraction of sp³-hybridized carbons (Fsp3) is 0.579. The number of fused-ring (bicyclic) bond motifs is 1. The van der Waals surface area contributed by atoms with Gasteiger partial charge in [0.2, 0.25) is 6.43 Å². The van der Waals surface area contributed by atoms with Crippen LogP contribution in [0.3, 0.4) is 0 Å². The lowest BCUT2D eigenvalue weighted by molar-refractivity contribution is 0.0197. The van der Waals surface area contributed by atoms with Gasteiger partial charge in [-0.25, -0.2) is 23.1 Å². The van der Waals surface area contributed by atoms with Gasteiger partial charge in [-0.2, -0.15) is 0 Å². The first-order valence-electron chi connectivity index (χ1n) is 8.97. The molecule has 3 atom stereocenters. The molecule has 1 aromatic carbocycles. The third-order valence-electron chi connectivity index (χ3n) is 4.45. The van der Waals surface area contributed by atoms with Crippen molar-refractivity contribution in [1.29, 1.82) is 0 Å². The number of alkyl halides is 3. The molecular weight excluding hydrogens is 423 g/mol. The number of anilines is 1. The first-order chi connectivity index (χ1) is 12.8. The van der Waals surface area contributed by atoms with Crippen LogP contribution in [0.5, 0.6) is 5.75 Å². The Morgan fingerprint density at radius 2 is 1.93 bits per heavy atom. The molecule has 27 heavy (non-hydrogen) atoms. The third-order valence-corrected chi connectivity index (χ3v) is 5.07. The summed E-state index contributed by atoms with van der Waals surface area (Å²) in [6.45, 7) is 5.31. The number of nitrogens with zero attached hydrogens (tertiary/aromatic N) is 2. The number of nitrogens with one attached hydrogen (secondary N) is 1. The number of methoxy groups -OCH3 is 1. The first-order valence-corrected chi connectivity index (χ1v) is 9.76. The number of rotatable bonds is 9. The Balaban J connectivity index is 2.24. The van der Waals surface area contributed by atoms with Crippen LogP contribution in [0, 0.1) is 12.8 Å². The number of ether oxygens (including phenoxy) is 1. The molecule has 0 saturated heterocycles. The highest BCUT2D eigenvalue weighted by atomic mass is 79.9. The lowest BCUT2D eigenvalue weighted by Gasteiger charge is -2.24. The summed E-state index contributed by atoms with van der Waals surface area (Å²) in [5.74, 6) is 0.475. The zero-order chi connectivity index (χ0) is 20.1. The molecule has 0 fully saturated rings. The highest BCUT2D eigenvalue weighted by molar-refractivity contribution is 9.10. The zero-order valence-electron chi connectivity index (χ0n) is 15.9. The number of hydrogen-bond acceptors (Lipinski definition) is 4. The molecule has 0 amide bonds. The smallest absolute Gasteiger partial charge is 0.244 e. The van der Waals surface area contributed by atoms with Gasteiger partial charge in [0.15, 0.2) is 0 Å². The molecular formula is C19H25BrF3N3O. The molecule has 2 rings (SSSR count). The molecule has 0 aliphatic rings. The minimum Gasteiger partial charge on any atom is -0.496 e. The van der Waals surface area contributed by atoms with Crippen LogP contribution in [0.25, 0.3) is 10.9 Å². The summed E-state index contributed by atoms with van der Waals surface area (Å²) in [7, 11) is 1.56. The van der Waals surface area contributed by atoms with Crippen molar-refractivity contribution in [1.82, 2.24) is 9.97 Å². The van der Waals surface area contributed by atoms with Gasteiger partial charge in [-0.3, -0.25) is 0 Å². The third kappa shape index (κ3) is 5.46. The molecule has 150 valence electrons. The molecule has 0 aliphatic carbocycles. The summed E-state index contributed by atoms with van der Waals surface area (Å²) in [5.41, 5.74) is 0.707. The molecule has 0 spiro atoms. The normalized spacial score (nSPS) is 15.0. The highest BCUT2D eigenvalue weighted by Crippen LogP contribution is 2.33. The quantitative estimate of drug-likeness (QED) is 0.518. The van der Waals surface area contributed by atoms with Crippen LogP contribution in [-0.4, -0.2) is 35.7 Å². The van der Waals surface area contributed by atoms with E-state index in [1.54, 1.807) is 33.9 Å². The second-order valence-electron chi connectivity index (χ2n) is 6.71. The second kappa shape index (κ2) is 9.57. The molecule has 0 radical (unpaired) electrons. The average Bonchev–Trinajstić information content (AvgIpc) is 2.58. The fourth-order valence-corrected chi connectivity index (χ4v) is 3.61. The van der Waals surface area contributed by atoms with E-state index in [2.05, 4.69) is 31.2 Å². The van der Waals surface area contributed by atoms with Gasteiger partial charge in [0.1, 0.15) is 23.6 Å². The van der Waals surface area contributed by atoms with Crippen LogP contribution in [0.4, 0.5) is 19.0 Å². The predicted octanol–water partition coefficient (Wildman–Crippen LogP) is 5.92. The van der Waals surface area contributed by atoms with Crippen molar-refractivity contribution in [3.63, 3.8) is 0 Å². The summed E-state index contributed by atoms with van der Waals surface area (Å²) < 4.78 is 46.7.